The number of carbonyl (C=O) groups is 2. The van der Waals surface area contributed by atoms with E-state index in [0.29, 0.717) is 5.69 Å². The van der Waals surface area contributed by atoms with Gasteiger partial charge in [-0.3, -0.25) is 4.79 Å². The van der Waals surface area contributed by atoms with Crippen LogP contribution in [0.15, 0.2) is 59.5 Å². The summed E-state index contributed by atoms with van der Waals surface area (Å²) < 4.78 is 52.2. The van der Waals surface area contributed by atoms with Crippen LogP contribution < -0.4 is 5.32 Å². The van der Waals surface area contributed by atoms with Crippen LogP contribution in [0.5, 0.6) is 0 Å². The molecule has 1 N–H and O–H groups in total. The summed E-state index contributed by atoms with van der Waals surface area (Å²) in [5.41, 5.74) is 0.464. The minimum absolute atomic E-state index is 0.0688. The molecule has 0 bridgehead atoms. The number of alkyl halides is 2. The highest BCUT2D eigenvalue weighted by Crippen LogP contribution is 2.18. The van der Waals surface area contributed by atoms with E-state index in [-0.39, 0.29) is 5.56 Å². The molecule has 0 heterocycles. The summed E-state index contributed by atoms with van der Waals surface area (Å²) in [5, 5.41) is 2.51. The Bertz CT molecular complexity index is 852. The van der Waals surface area contributed by atoms with Crippen molar-refractivity contribution in [2.45, 2.75) is 10.7 Å². The van der Waals surface area contributed by atoms with Crippen LogP contribution in [0.4, 0.5) is 14.5 Å². The van der Waals surface area contributed by atoms with Crippen molar-refractivity contribution in [3.63, 3.8) is 0 Å². The van der Waals surface area contributed by atoms with E-state index < -0.39 is 39.0 Å². The Morgan fingerprint density at radius 2 is 1.60 bits per heavy atom. The predicted molar refractivity (Wildman–Crippen MR) is 85.0 cm³/mol. The van der Waals surface area contributed by atoms with E-state index >= 15 is 0 Å². The Balaban J connectivity index is 1.94. The number of nitrogens with one attached hydrogen (secondary N) is 1. The number of hydrogen-bond acceptors (Lipinski definition) is 5. The summed E-state index contributed by atoms with van der Waals surface area (Å²) in [6.07, 6.45) is 0. The molecule has 0 radical (unpaired) electrons. The molecular formula is C16H13F2NO5S. The summed E-state index contributed by atoms with van der Waals surface area (Å²) in [4.78, 5) is 22.8. The average Bonchev–Trinajstić information content (AvgIpc) is 2.60. The van der Waals surface area contributed by atoms with Crippen LogP contribution in [0.3, 0.4) is 0 Å². The number of rotatable bonds is 6. The van der Waals surface area contributed by atoms with Gasteiger partial charge in [-0.2, -0.15) is 8.78 Å². The molecule has 0 spiro atoms. The number of benzene rings is 2. The molecule has 0 atom stereocenters. The molecule has 0 unspecified atom stereocenters. The van der Waals surface area contributed by atoms with Crippen LogP contribution in [-0.2, 0) is 19.4 Å². The van der Waals surface area contributed by atoms with Gasteiger partial charge in [0.2, 0.25) is 9.84 Å². The summed E-state index contributed by atoms with van der Waals surface area (Å²) in [5.74, 6) is -4.99. The normalized spacial score (nSPS) is 11.2. The number of ether oxygens (including phenoxy) is 1. The predicted octanol–water partition coefficient (Wildman–Crippen LogP) is 2.48. The van der Waals surface area contributed by atoms with E-state index in [2.05, 4.69) is 5.32 Å². The van der Waals surface area contributed by atoms with E-state index in [1.165, 1.54) is 0 Å². The molecule has 0 aliphatic rings. The first-order valence-electron chi connectivity index (χ1n) is 6.95. The van der Waals surface area contributed by atoms with Crippen LogP contribution in [-0.4, -0.2) is 32.7 Å². The maximum Gasteiger partial charge on any atom is 0.341 e. The lowest BCUT2D eigenvalue weighted by molar-refractivity contribution is -0.119. The fourth-order valence-electron chi connectivity index (χ4n) is 1.82. The lowest BCUT2D eigenvalue weighted by Gasteiger charge is -2.07. The molecule has 0 saturated heterocycles. The largest absolute Gasteiger partial charge is 0.452 e. The number of anilines is 1. The van der Waals surface area contributed by atoms with Gasteiger partial charge in [-0.15, -0.1) is 0 Å². The van der Waals surface area contributed by atoms with E-state index in [1.807, 2.05) is 0 Å². The van der Waals surface area contributed by atoms with Crippen LogP contribution in [0.25, 0.3) is 0 Å². The smallest absolute Gasteiger partial charge is 0.341 e. The van der Waals surface area contributed by atoms with Gasteiger partial charge in [-0.25, -0.2) is 13.2 Å². The van der Waals surface area contributed by atoms with Crippen molar-refractivity contribution >= 4 is 27.4 Å². The SMILES string of the molecule is O=C(COC(=O)c1ccc(S(=O)(=O)C(F)F)cc1)Nc1ccccc1. The Hall–Kier alpha value is -2.81. The van der Waals surface area contributed by atoms with Crippen molar-refractivity contribution in [3.8, 4) is 0 Å². The Morgan fingerprint density at radius 1 is 1.00 bits per heavy atom. The first kappa shape index (κ1) is 18.5. The summed E-state index contributed by atoms with van der Waals surface area (Å²) in [7, 11) is -4.73. The van der Waals surface area contributed by atoms with Crippen molar-refractivity contribution in [2.24, 2.45) is 0 Å². The molecule has 0 fully saturated rings. The molecular weight excluding hydrogens is 356 g/mol. The Kier molecular flexibility index (Phi) is 5.81. The van der Waals surface area contributed by atoms with Crippen molar-refractivity contribution in [1.29, 1.82) is 0 Å². The van der Waals surface area contributed by atoms with Crippen molar-refractivity contribution in [2.75, 3.05) is 11.9 Å². The summed E-state index contributed by atoms with van der Waals surface area (Å²) in [6.45, 7) is -0.551. The number of halogens is 2. The number of amides is 1. The van der Waals surface area contributed by atoms with Gasteiger partial charge in [0.25, 0.3) is 5.91 Å². The molecule has 0 aromatic heterocycles. The van der Waals surface area contributed by atoms with E-state index in [4.69, 9.17) is 4.74 Å². The van der Waals surface area contributed by atoms with Gasteiger partial charge in [-0.05, 0) is 36.4 Å². The minimum Gasteiger partial charge on any atom is -0.452 e. The number of para-hydroxylation sites is 1. The summed E-state index contributed by atoms with van der Waals surface area (Å²) >= 11 is 0. The Labute approximate surface area is 142 Å². The molecule has 0 aliphatic heterocycles. The van der Waals surface area contributed by atoms with Gasteiger partial charge in [-0.1, -0.05) is 18.2 Å². The number of sulfone groups is 1. The second-order valence-corrected chi connectivity index (χ2v) is 6.74. The van der Waals surface area contributed by atoms with Crippen molar-refractivity contribution in [3.05, 3.63) is 60.2 Å². The molecule has 2 aromatic rings. The zero-order valence-corrected chi connectivity index (χ0v) is 13.5. The van der Waals surface area contributed by atoms with Gasteiger partial charge < -0.3 is 10.1 Å². The van der Waals surface area contributed by atoms with E-state index in [1.54, 1.807) is 30.3 Å². The number of hydrogen-bond donors (Lipinski definition) is 1. The molecule has 132 valence electrons. The van der Waals surface area contributed by atoms with Gasteiger partial charge in [0.1, 0.15) is 0 Å². The maximum absolute atomic E-state index is 12.4. The van der Waals surface area contributed by atoms with Gasteiger partial charge in [0.15, 0.2) is 6.61 Å². The third-order valence-electron chi connectivity index (χ3n) is 3.05. The minimum atomic E-state index is -4.73. The molecule has 9 heteroatoms. The standard InChI is InChI=1S/C16H13F2NO5S/c17-16(18)25(22,23)13-8-6-11(7-9-13)15(21)24-10-14(20)19-12-4-2-1-3-5-12/h1-9,16H,10H2,(H,19,20). The second-order valence-electron chi connectivity index (χ2n) is 4.82. The highest BCUT2D eigenvalue weighted by Gasteiger charge is 2.26. The first-order valence-corrected chi connectivity index (χ1v) is 8.49. The molecule has 0 aliphatic carbocycles. The van der Waals surface area contributed by atoms with Gasteiger partial charge in [0.05, 0.1) is 10.5 Å². The quantitative estimate of drug-likeness (QED) is 0.790. The molecule has 2 aromatic carbocycles. The zero-order chi connectivity index (χ0) is 18.4. The van der Waals surface area contributed by atoms with Crippen LogP contribution in [0.2, 0.25) is 0 Å². The molecule has 1 amide bonds. The lowest BCUT2D eigenvalue weighted by atomic mass is 10.2. The topological polar surface area (TPSA) is 89.5 Å². The molecule has 25 heavy (non-hydrogen) atoms. The number of carbonyl (C=O) groups excluding carboxylic acids is 2. The monoisotopic (exact) mass is 369 g/mol. The first-order chi connectivity index (χ1) is 11.8. The van der Waals surface area contributed by atoms with Crippen molar-refractivity contribution in [1.82, 2.24) is 0 Å². The van der Waals surface area contributed by atoms with E-state index in [9.17, 15) is 26.8 Å². The van der Waals surface area contributed by atoms with Crippen LogP contribution in [0.1, 0.15) is 10.4 Å². The van der Waals surface area contributed by atoms with Gasteiger partial charge >= 0.3 is 11.7 Å². The average molecular weight is 369 g/mol. The molecule has 2 rings (SSSR count). The zero-order valence-electron chi connectivity index (χ0n) is 12.7. The van der Waals surface area contributed by atoms with Gasteiger partial charge in [0, 0.05) is 5.69 Å². The third kappa shape index (κ3) is 4.83. The van der Waals surface area contributed by atoms with E-state index in [0.717, 1.165) is 24.3 Å². The highest BCUT2D eigenvalue weighted by molar-refractivity contribution is 7.91. The molecule has 0 saturated carbocycles. The Morgan fingerprint density at radius 3 is 2.16 bits per heavy atom. The lowest BCUT2D eigenvalue weighted by Crippen LogP contribution is -2.21. The fraction of sp³-hybridized carbons (Fsp3) is 0.125. The molecule has 6 nitrogen and oxygen atoms in total. The van der Waals surface area contributed by atoms with Crippen LogP contribution in [0, 0.1) is 0 Å². The highest BCUT2D eigenvalue weighted by atomic mass is 32.2. The van der Waals surface area contributed by atoms with Crippen molar-refractivity contribution < 1.29 is 31.5 Å². The summed E-state index contributed by atoms with van der Waals surface area (Å²) in [6, 6.07) is 12.3. The second kappa shape index (κ2) is 7.84. The third-order valence-corrected chi connectivity index (χ3v) is 4.44. The maximum atomic E-state index is 12.4. The number of esters is 1. The van der Waals surface area contributed by atoms with Crippen LogP contribution >= 0.6 is 0 Å². The fourth-order valence-corrected chi connectivity index (χ4v) is 2.54.